The van der Waals surface area contributed by atoms with Crippen molar-refractivity contribution in [1.29, 1.82) is 0 Å². The van der Waals surface area contributed by atoms with E-state index in [0.717, 1.165) is 24.8 Å². The summed E-state index contributed by atoms with van der Waals surface area (Å²) in [6, 6.07) is 9.53. The van der Waals surface area contributed by atoms with Crippen LogP contribution in [0.4, 0.5) is 4.79 Å². The topological polar surface area (TPSA) is 49.8 Å². The second-order valence-electron chi connectivity index (χ2n) is 4.57. The Bertz CT molecular complexity index is 380. The lowest BCUT2D eigenvalue weighted by Gasteiger charge is -2.33. The lowest BCUT2D eigenvalue weighted by molar-refractivity contribution is 0.0499. The molecule has 0 radical (unpaired) electrons. The zero-order chi connectivity index (χ0) is 12.8. The minimum Gasteiger partial charge on any atom is -0.445 e. The summed E-state index contributed by atoms with van der Waals surface area (Å²) in [4.78, 5) is 13.6. The van der Waals surface area contributed by atoms with Gasteiger partial charge in [0.25, 0.3) is 0 Å². The second-order valence-corrected chi connectivity index (χ2v) is 4.57. The average molecular weight is 249 g/mol. The first-order chi connectivity index (χ1) is 8.81. The fourth-order valence-corrected chi connectivity index (χ4v) is 2.23. The highest BCUT2D eigenvalue weighted by Gasteiger charge is 2.27. The Morgan fingerprint density at radius 1 is 1.33 bits per heavy atom. The molecule has 1 aromatic rings. The summed E-state index contributed by atoms with van der Waals surface area (Å²) >= 11 is 0. The number of likely N-dealkylation sites (tertiary alicyclic amines) is 1. The maximum Gasteiger partial charge on any atom is 0.410 e. The first-order valence-corrected chi connectivity index (χ1v) is 6.39. The van der Waals surface area contributed by atoms with Gasteiger partial charge in [-0.25, -0.2) is 4.79 Å². The second kappa shape index (κ2) is 6.40. The lowest BCUT2D eigenvalue weighted by atomic mass is 10.0. The number of hydrogen-bond donors (Lipinski definition) is 1. The Morgan fingerprint density at radius 2 is 2.11 bits per heavy atom. The molecule has 0 saturated carbocycles. The SMILES string of the molecule is O=C(OCc1ccccc1)N1CCCC[C@@H]1CO. The molecule has 1 atom stereocenters. The maximum absolute atomic E-state index is 11.9. The van der Waals surface area contributed by atoms with Crippen molar-refractivity contribution in [1.82, 2.24) is 4.90 Å². The first kappa shape index (κ1) is 12.9. The van der Waals surface area contributed by atoms with E-state index in [1.165, 1.54) is 0 Å². The minimum atomic E-state index is -0.322. The molecule has 0 aliphatic carbocycles. The van der Waals surface area contributed by atoms with E-state index in [-0.39, 0.29) is 25.3 Å². The molecule has 1 heterocycles. The molecule has 1 aliphatic rings. The molecule has 2 rings (SSSR count). The number of amides is 1. The molecule has 1 saturated heterocycles. The number of benzene rings is 1. The van der Waals surface area contributed by atoms with Crippen LogP contribution in [0.3, 0.4) is 0 Å². The van der Waals surface area contributed by atoms with Crippen molar-refractivity contribution in [2.45, 2.75) is 31.9 Å². The fraction of sp³-hybridized carbons (Fsp3) is 0.500. The van der Waals surface area contributed by atoms with Crippen molar-refractivity contribution in [2.75, 3.05) is 13.2 Å². The molecule has 1 aliphatic heterocycles. The molecule has 4 nitrogen and oxygen atoms in total. The Balaban J connectivity index is 1.87. The number of ether oxygens (including phenoxy) is 1. The molecule has 1 N–H and O–H groups in total. The van der Waals surface area contributed by atoms with Crippen molar-refractivity contribution in [3.05, 3.63) is 35.9 Å². The summed E-state index contributed by atoms with van der Waals surface area (Å²) in [6.45, 7) is 0.980. The summed E-state index contributed by atoms with van der Waals surface area (Å²) in [6.07, 6.45) is 2.58. The van der Waals surface area contributed by atoms with Crippen LogP contribution in [0.15, 0.2) is 30.3 Å². The van der Waals surface area contributed by atoms with Gasteiger partial charge in [-0.1, -0.05) is 30.3 Å². The molecule has 0 spiro atoms. The van der Waals surface area contributed by atoms with E-state index in [9.17, 15) is 9.90 Å². The van der Waals surface area contributed by atoms with Crippen LogP contribution < -0.4 is 0 Å². The van der Waals surface area contributed by atoms with Gasteiger partial charge < -0.3 is 14.7 Å². The number of aliphatic hydroxyl groups excluding tert-OH is 1. The van der Waals surface area contributed by atoms with Gasteiger partial charge in [-0.15, -0.1) is 0 Å². The number of aliphatic hydroxyl groups is 1. The minimum absolute atomic E-state index is 0.0143. The third-order valence-corrected chi connectivity index (χ3v) is 3.28. The van der Waals surface area contributed by atoms with Crippen molar-refractivity contribution in [3.8, 4) is 0 Å². The molecule has 1 aromatic carbocycles. The molecule has 0 aromatic heterocycles. The van der Waals surface area contributed by atoms with Gasteiger partial charge in [-0.05, 0) is 24.8 Å². The van der Waals surface area contributed by atoms with Crippen molar-refractivity contribution >= 4 is 6.09 Å². The predicted octanol–water partition coefficient (Wildman–Crippen LogP) is 2.17. The van der Waals surface area contributed by atoms with Crippen LogP contribution in [-0.2, 0) is 11.3 Å². The van der Waals surface area contributed by atoms with Crippen LogP contribution in [0.5, 0.6) is 0 Å². The zero-order valence-electron chi connectivity index (χ0n) is 10.4. The fourth-order valence-electron chi connectivity index (χ4n) is 2.23. The van der Waals surface area contributed by atoms with Crippen molar-refractivity contribution in [2.24, 2.45) is 0 Å². The van der Waals surface area contributed by atoms with E-state index in [1.807, 2.05) is 30.3 Å². The smallest absolute Gasteiger partial charge is 0.410 e. The monoisotopic (exact) mass is 249 g/mol. The Hall–Kier alpha value is -1.55. The van der Waals surface area contributed by atoms with Gasteiger partial charge in [-0.2, -0.15) is 0 Å². The van der Waals surface area contributed by atoms with Gasteiger partial charge in [0, 0.05) is 6.54 Å². The molecule has 0 unspecified atom stereocenters. The Morgan fingerprint density at radius 3 is 2.83 bits per heavy atom. The number of rotatable bonds is 3. The predicted molar refractivity (Wildman–Crippen MR) is 68.1 cm³/mol. The van der Waals surface area contributed by atoms with E-state index in [2.05, 4.69) is 0 Å². The van der Waals surface area contributed by atoms with E-state index >= 15 is 0 Å². The molecule has 1 amide bonds. The standard InChI is InChI=1S/C14H19NO3/c16-10-13-8-4-5-9-15(13)14(17)18-11-12-6-2-1-3-7-12/h1-3,6-7,13,16H,4-5,8-11H2/t13-/m1/s1. The van der Waals surface area contributed by atoms with Gasteiger partial charge in [0.15, 0.2) is 0 Å². The number of nitrogens with zero attached hydrogens (tertiary/aromatic N) is 1. The van der Waals surface area contributed by atoms with Gasteiger partial charge in [0.1, 0.15) is 6.61 Å². The highest BCUT2D eigenvalue weighted by molar-refractivity contribution is 5.68. The molecule has 1 fully saturated rings. The van der Waals surface area contributed by atoms with Crippen LogP contribution in [-0.4, -0.2) is 35.3 Å². The Labute approximate surface area is 107 Å². The molecular weight excluding hydrogens is 230 g/mol. The van der Waals surface area contributed by atoms with Gasteiger partial charge in [0.2, 0.25) is 0 Å². The highest BCUT2D eigenvalue weighted by atomic mass is 16.6. The van der Waals surface area contributed by atoms with Crippen LogP contribution in [0.2, 0.25) is 0 Å². The summed E-state index contributed by atoms with van der Waals surface area (Å²) in [5, 5.41) is 9.25. The average Bonchev–Trinajstić information content (AvgIpc) is 2.45. The van der Waals surface area contributed by atoms with E-state index < -0.39 is 0 Å². The molecule has 98 valence electrons. The van der Waals surface area contributed by atoms with Gasteiger partial charge in [0.05, 0.1) is 12.6 Å². The molecular formula is C14H19NO3. The van der Waals surface area contributed by atoms with Gasteiger partial charge in [-0.3, -0.25) is 0 Å². The molecule has 0 bridgehead atoms. The maximum atomic E-state index is 11.9. The van der Waals surface area contributed by atoms with Crippen LogP contribution >= 0.6 is 0 Å². The molecule has 4 heteroatoms. The largest absolute Gasteiger partial charge is 0.445 e. The Kier molecular flexibility index (Phi) is 4.59. The summed E-state index contributed by atoms with van der Waals surface area (Å²) < 4.78 is 5.28. The summed E-state index contributed by atoms with van der Waals surface area (Å²) in [7, 11) is 0. The zero-order valence-corrected chi connectivity index (χ0v) is 10.4. The lowest BCUT2D eigenvalue weighted by Crippen LogP contribution is -2.45. The highest BCUT2D eigenvalue weighted by Crippen LogP contribution is 2.18. The number of piperidine rings is 1. The normalized spacial score (nSPS) is 19.6. The number of carbonyl (C=O) groups excluding carboxylic acids is 1. The van der Waals surface area contributed by atoms with Gasteiger partial charge >= 0.3 is 6.09 Å². The molecule has 18 heavy (non-hydrogen) atoms. The van der Waals surface area contributed by atoms with E-state index in [4.69, 9.17) is 4.74 Å². The number of hydrogen-bond acceptors (Lipinski definition) is 3. The summed E-state index contributed by atoms with van der Waals surface area (Å²) in [5.41, 5.74) is 0.975. The first-order valence-electron chi connectivity index (χ1n) is 6.39. The van der Waals surface area contributed by atoms with Crippen LogP contribution in [0.1, 0.15) is 24.8 Å². The van der Waals surface area contributed by atoms with Crippen LogP contribution in [0, 0.1) is 0 Å². The van der Waals surface area contributed by atoms with Crippen molar-refractivity contribution < 1.29 is 14.6 Å². The van der Waals surface area contributed by atoms with Crippen LogP contribution in [0.25, 0.3) is 0 Å². The van der Waals surface area contributed by atoms with Crippen molar-refractivity contribution in [3.63, 3.8) is 0 Å². The summed E-state index contributed by atoms with van der Waals surface area (Å²) in [5.74, 6) is 0. The van der Waals surface area contributed by atoms with E-state index in [0.29, 0.717) is 6.54 Å². The van der Waals surface area contributed by atoms with E-state index in [1.54, 1.807) is 4.90 Å². The number of carbonyl (C=O) groups is 1. The third kappa shape index (κ3) is 3.23. The third-order valence-electron chi connectivity index (χ3n) is 3.28. The quantitative estimate of drug-likeness (QED) is 0.893.